The van der Waals surface area contributed by atoms with Crippen LogP contribution in [0.3, 0.4) is 0 Å². The largest absolute Gasteiger partial charge is 0.382 e. The lowest BCUT2D eigenvalue weighted by Gasteiger charge is -2.14. The molecule has 1 heterocycles. The molecule has 0 fully saturated rings. The summed E-state index contributed by atoms with van der Waals surface area (Å²) < 4.78 is 14.3. The molecule has 0 radical (unpaired) electrons. The number of benzene rings is 2. The molecule has 1 N–H and O–H groups in total. The maximum Gasteiger partial charge on any atom is 0.124 e. The fourth-order valence-electron chi connectivity index (χ4n) is 3.12. The van der Waals surface area contributed by atoms with Crippen molar-refractivity contribution in [2.75, 3.05) is 0 Å². The van der Waals surface area contributed by atoms with Crippen molar-refractivity contribution in [2.45, 2.75) is 20.0 Å². The Labute approximate surface area is 173 Å². The van der Waals surface area contributed by atoms with Gasteiger partial charge in [0.2, 0.25) is 0 Å². The molecule has 1 unspecified atom stereocenters. The Morgan fingerprint density at radius 3 is 2.43 bits per heavy atom. The molecular weight excluding hydrogens is 417 g/mol. The van der Waals surface area contributed by atoms with Crippen LogP contribution >= 0.6 is 15.9 Å². The molecule has 142 valence electrons. The topological polar surface area (TPSA) is 32.6 Å². The number of rotatable bonds is 5. The Balaban J connectivity index is 2.21. The first-order chi connectivity index (χ1) is 13.6. The fraction of sp³-hybridized carbons (Fsp3) is 0.125. The number of aliphatic hydroxyl groups excluding tert-OH is 1. The number of aliphatic hydroxyl groups is 1. The smallest absolute Gasteiger partial charge is 0.124 e. The second-order valence-electron chi connectivity index (χ2n) is 6.30. The van der Waals surface area contributed by atoms with Crippen LogP contribution in [0.5, 0.6) is 0 Å². The predicted octanol–water partition coefficient (Wildman–Crippen LogP) is 6.24. The van der Waals surface area contributed by atoms with Crippen LogP contribution in [0.4, 0.5) is 4.39 Å². The molecule has 2 aromatic carbocycles. The highest BCUT2D eigenvalue weighted by Crippen LogP contribution is 2.37. The Hall–Kier alpha value is -2.56. The van der Waals surface area contributed by atoms with Gasteiger partial charge in [-0.3, -0.25) is 0 Å². The first kappa shape index (κ1) is 20.2. The molecule has 1 aliphatic rings. The van der Waals surface area contributed by atoms with E-state index in [9.17, 15) is 9.50 Å². The standard InChI is InChI=1S/C24H21BrFNO/c1-3-5-9-16(8-4-2)21-22(17-12-14-18(26)15-13-17)27-23(24(21)28)19-10-6-7-11-20(19)25/h3-15,24,28H,1-2H3/b5-3?,8-4-,16-9+. The van der Waals surface area contributed by atoms with Crippen molar-refractivity contribution in [3.8, 4) is 0 Å². The summed E-state index contributed by atoms with van der Waals surface area (Å²) in [4.78, 5) is 4.79. The zero-order valence-corrected chi connectivity index (χ0v) is 17.3. The average Bonchev–Trinajstić information content (AvgIpc) is 3.03. The number of nitrogens with zero attached hydrogens (tertiary/aromatic N) is 1. The second-order valence-corrected chi connectivity index (χ2v) is 7.15. The molecule has 4 heteroatoms. The van der Waals surface area contributed by atoms with E-state index < -0.39 is 6.10 Å². The predicted molar refractivity (Wildman–Crippen MR) is 118 cm³/mol. The van der Waals surface area contributed by atoms with Gasteiger partial charge in [-0.2, -0.15) is 0 Å². The number of aliphatic imine (C=N–C) groups is 1. The molecule has 0 saturated carbocycles. The fourth-order valence-corrected chi connectivity index (χ4v) is 3.61. The van der Waals surface area contributed by atoms with Crippen LogP contribution in [0.1, 0.15) is 25.0 Å². The third kappa shape index (κ3) is 4.13. The third-order valence-corrected chi connectivity index (χ3v) is 5.10. The lowest BCUT2D eigenvalue weighted by Crippen LogP contribution is -2.21. The highest BCUT2D eigenvalue weighted by Gasteiger charge is 2.32. The van der Waals surface area contributed by atoms with Crippen molar-refractivity contribution in [1.29, 1.82) is 0 Å². The van der Waals surface area contributed by atoms with Gasteiger partial charge in [0.15, 0.2) is 0 Å². The monoisotopic (exact) mass is 437 g/mol. The Morgan fingerprint density at radius 2 is 1.79 bits per heavy atom. The van der Waals surface area contributed by atoms with Crippen LogP contribution in [-0.2, 0) is 0 Å². The van der Waals surface area contributed by atoms with Gasteiger partial charge in [0.25, 0.3) is 0 Å². The lowest BCUT2D eigenvalue weighted by molar-refractivity contribution is 0.283. The summed E-state index contributed by atoms with van der Waals surface area (Å²) in [6.45, 7) is 3.87. The molecule has 0 aliphatic carbocycles. The minimum Gasteiger partial charge on any atom is -0.382 e. The maximum absolute atomic E-state index is 13.4. The summed E-state index contributed by atoms with van der Waals surface area (Å²) in [7, 11) is 0. The minimum atomic E-state index is -0.897. The van der Waals surface area contributed by atoms with Crippen LogP contribution in [0.2, 0.25) is 0 Å². The van der Waals surface area contributed by atoms with E-state index in [0.717, 1.165) is 21.2 Å². The van der Waals surface area contributed by atoms with Gasteiger partial charge in [-0.05, 0) is 49.8 Å². The molecule has 3 rings (SSSR count). The van der Waals surface area contributed by atoms with Crippen LogP contribution in [0.25, 0.3) is 5.70 Å². The Bertz CT molecular complexity index is 1010. The number of allylic oxidation sites excluding steroid dienone is 5. The van der Waals surface area contributed by atoms with E-state index in [2.05, 4.69) is 15.9 Å². The summed E-state index contributed by atoms with van der Waals surface area (Å²) in [6.07, 6.45) is 8.77. The highest BCUT2D eigenvalue weighted by atomic mass is 79.9. The number of halogens is 2. The molecule has 0 aromatic heterocycles. The van der Waals surface area contributed by atoms with E-state index in [4.69, 9.17) is 4.99 Å². The van der Waals surface area contributed by atoms with Gasteiger partial charge in [-0.1, -0.05) is 64.5 Å². The SMILES string of the molecule is CC=C/C=C(\C=C/C)C1=C(c2ccc(F)cc2)N=C(c2ccccc2Br)C1O. The molecule has 0 amide bonds. The van der Waals surface area contributed by atoms with Crippen molar-refractivity contribution < 1.29 is 9.50 Å². The average molecular weight is 438 g/mol. The van der Waals surface area contributed by atoms with E-state index >= 15 is 0 Å². The molecular formula is C24H21BrFNO. The summed E-state index contributed by atoms with van der Waals surface area (Å²) in [5, 5.41) is 11.2. The van der Waals surface area contributed by atoms with Gasteiger partial charge >= 0.3 is 0 Å². The minimum absolute atomic E-state index is 0.308. The molecule has 0 spiro atoms. The van der Waals surface area contributed by atoms with Crippen molar-refractivity contribution in [2.24, 2.45) is 4.99 Å². The Morgan fingerprint density at radius 1 is 1.07 bits per heavy atom. The summed E-state index contributed by atoms with van der Waals surface area (Å²) in [6, 6.07) is 13.9. The molecule has 0 bridgehead atoms. The Kier molecular flexibility index (Phi) is 6.55. The first-order valence-electron chi connectivity index (χ1n) is 9.04. The van der Waals surface area contributed by atoms with E-state index in [0.29, 0.717) is 17.0 Å². The van der Waals surface area contributed by atoms with Gasteiger partial charge in [0, 0.05) is 21.2 Å². The number of hydrogen-bond acceptors (Lipinski definition) is 2. The van der Waals surface area contributed by atoms with Gasteiger partial charge in [0.05, 0.1) is 11.4 Å². The highest BCUT2D eigenvalue weighted by molar-refractivity contribution is 9.10. The summed E-state index contributed by atoms with van der Waals surface area (Å²) in [5.41, 5.74) is 4.36. The van der Waals surface area contributed by atoms with E-state index in [1.54, 1.807) is 12.1 Å². The lowest BCUT2D eigenvalue weighted by atomic mass is 9.92. The zero-order chi connectivity index (χ0) is 20.1. The first-order valence-corrected chi connectivity index (χ1v) is 9.83. The summed E-state index contributed by atoms with van der Waals surface area (Å²) >= 11 is 3.55. The second kappa shape index (κ2) is 9.09. The number of hydrogen-bond donors (Lipinski definition) is 1. The van der Waals surface area contributed by atoms with Crippen LogP contribution in [0, 0.1) is 5.82 Å². The van der Waals surface area contributed by atoms with Gasteiger partial charge in [0.1, 0.15) is 11.9 Å². The normalized spacial score (nSPS) is 17.8. The van der Waals surface area contributed by atoms with Crippen molar-refractivity contribution in [3.05, 3.63) is 111 Å². The molecule has 1 atom stereocenters. The van der Waals surface area contributed by atoms with Gasteiger partial charge in [-0.25, -0.2) is 9.38 Å². The maximum atomic E-state index is 13.4. The van der Waals surface area contributed by atoms with Crippen LogP contribution in [-0.4, -0.2) is 16.9 Å². The molecule has 0 saturated heterocycles. The molecule has 2 aromatic rings. The van der Waals surface area contributed by atoms with Crippen LogP contribution < -0.4 is 0 Å². The quantitative estimate of drug-likeness (QED) is 0.551. The summed E-state index contributed by atoms with van der Waals surface area (Å²) in [5.74, 6) is -0.308. The van der Waals surface area contributed by atoms with E-state index in [1.807, 2.05) is 68.5 Å². The van der Waals surface area contributed by atoms with E-state index in [1.165, 1.54) is 12.1 Å². The van der Waals surface area contributed by atoms with Gasteiger partial charge in [-0.15, -0.1) is 0 Å². The molecule has 28 heavy (non-hydrogen) atoms. The molecule has 1 aliphatic heterocycles. The molecule has 2 nitrogen and oxygen atoms in total. The van der Waals surface area contributed by atoms with E-state index in [-0.39, 0.29) is 5.82 Å². The van der Waals surface area contributed by atoms with Crippen molar-refractivity contribution in [1.82, 2.24) is 0 Å². The van der Waals surface area contributed by atoms with Crippen molar-refractivity contribution in [3.63, 3.8) is 0 Å². The van der Waals surface area contributed by atoms with Crippen molar-refractivity contribution >= 4 is 27.3 Å². The third-order valence-electron chi connectivity index (χ3n) is 4.41. The van der Waals surface area contributed by atoms with Gasteiger partial charge < -0.3 is 5.11 Å². The van der Waals surface area contributed by atoms with Crippen LogP contribution in [0.15, 0.2) is 99.5 Å². The zero-order valence-electron chi connectivity index (χ0n) is 15.7.